The molecule has 0 aliphatic rings. The molecule has 0 saturated carbocycles. The minimum Gasteiger partial charge on any atom is -0.511 e. The maximum atomic E-state index is 9.45. The number of hydrogen-bond donors (Lipinski definition) is 3. The van der Waals surface area contributed by atoms with Crippen molar-refractivity contribution >= 4 is 5.97 Å². The summed E-state index contributed by atoms with van der Waals surface area (Å²) in [6.45, 7) is 0. The van der Waals surface area contributed by atoms with E-state index in [-0.39, 0.29) is 32.5 Å². The Morgan fingerprint density at radius 1 is 1.38 bits per heavy atom. The third-order valence-corrected chi connectivity index (χ3v) is 0.341. The van der Waals surface area contributed by atoms with E-state index in [4.69, 9.17) is 15.3 Å². The van der Waals surface area contributed by atoms with Crippen LogP contribution >= 0.6 is 0 Å². The Morgan fingerprint density at radius 2 is 1.75 bits per heavy atom. The molecule has 8 heavy (non-hydrogen) atoms. The normalized spacial score (nSPS) is 9.75. The minimum atomic E-state index is -1.54. The van der Waals surface area contributed by atoms with Gasteiger partial charge in [0.2, 0.25) is 5.76 Å². The zero-order valence-corrected chi connectivity index (χ0v) is 6.29. The fourth-order valence-corrected chi connectivity index (χ4v) is 0.0552. The van der Waals surface area contributed by atoms with Crippen LogP contribution in [0.5, 0.6) is 0 Å². The van der Waals surface area contributed by atoms with Crippen molar-refractivity contribution in [1.29, 1.82) is 0 Å². The van der Waals surface area contributed by atoms with Gasteiger partial charge in [-0.15, -0.1) is 0 Å². The van der Waals surface area contributed by atoms with Crippen molar-refractivity contribution in [3.05, 3.63) is 12.0 Å². The Kier molecular flexibility index (Phi) is 6.44. The smallest absolute Gasteiger partial charge is 0.374 e. The van der Waals surface area contributed by atoms with Gasteiger partial charge in [-0.3, -0.25) is 0 Å². The van der Waals surface area contributed by atoms with Crippen molar-refractivity contribution in [1.82, 2.24) is 0 Å². The molecule has 0 saturated heterocycles. The van der Waals surface area contributed by atoms with Crippen molar-refractivity contribution in [2.75, 3.05) is 0 Å². The zero-order valence-electron chi connectivity index (χ0n) is 3.83. The Hall–Kier alpha value is -0.307. The van der Waals surface area contributed by atoms with E-state index in [2.05, 4.69) is 0 Å². The summed E-state index contributed by atoms with van der Waals surface area (Å²) in [5.74, 6) is -2.59. The number of hydrogen-bond acceptors (Lipinski definition) is 3. The molecule has 0 aromatic heterocycles. The van der Waals surface area contributed by atoms with Crippen molar-refractivity contribution in [3.8, 4) is 0 Å². The molecule has 0 fully saturated rings. The molecule has 0 aromatic carbocycles. The molecule has 0 aliphatic carbocycles. The van der Waals surface area contributed by atoms with E-state index >= 15 is 0 Å². The van der Waals surface area contributed by atoms with Crippen LogP contribution in [-0.2, 0) is 31.0 Å². The fraction of sp³-hybridized carbons (Fsp3) is 0. The van der Waals surface area contributed by atoms with Gasteiger partial charge in [-0.1, -0.05) is 0 Å². The summed E-state index contributed by atoms with van der Waals surface area (Å²) in [4.78, 5) is 9.45. The minimum absolute atomic E-state index is 0. The largest absolute Gasteiger partial charge is 0.511 e. The first-order valence-corrected chi connectivity index (χ1v) is 1.45. The quantitative estimate of drug-likeness (QED) is 0.407. The van der Waals surface area contributed by atoms with Gasteiger partial charge in [0.1, 0.15) is 6.26 Å². The Balaban J connectivity index is 0. The predicted molar refractivity (Wildman–Crippen MR) is 21.0 cm³/mol. The van der Waals surface area contributed by atoms with E-state index in [1.165, 1.54) is 0 Å². The second-order valence-corrected chi connectivity index (χ2v) is 0.819. The monoisotopic (exact) mass is 194 g/mol. The number of rotatable bonds is 1. The molecule has 0 bridgehead atoms. The van der Waals surface area contributed by atoms with Gasteiger partial charge in [-0.25, -0.2) is 4.79 Å². The molecule has 0 atom stereocenters. The van der Waals surface area contributed by atoms with E-state index in [9.17, 15) is 4.79 Å². The molecule has 0 radical (unpaired) electrons. The van der Waals surface area contributed by atoms with Gasteiger partial charge in [0, 0.05) is 26.2 Å². The predicted octanol–water partition coefficient (Wildman–Crippen LogP) is 0.0259. The summed E-state index contributed by atoms with van der Waals surface area (Å²) in [7, 11) is 0. The maximum absolute atomic E-state index is 9.45. The molecule has 4 nitrogen and oxygen atoms in total. The molecule has 0 aromatic rings. The van der Waals surface area contributed by atoms with Crippen molar-refractivity contribution in [3.63, 3.8) is 0 Å². The maximum Gasteiger partial charge on any atom is 0.374 e. The Labute approximate surface area is 64.6 Å². The summed E-state index contributed by atoms with van der Waals surface area (Å²) in [5, 5.41) is 23.4. The van der Waals surface area contributed by atoms with Crippen molar-refractivity contribution in [2.45, 2.75) is 0 Å². The summed E-state index contributed by atoms with van der Waals surface area (Å²) >= 11 is 0. The first-order chi connectivity index (χ1) is 3.18. The van der Waals surface area contributed by atoms with Crippen molar-refractivity contribution in [2.24, 2.45) is 0 Å². The van der Waals surface area contributed by atoms with Gasteiger partial charge in [0.05, 0.1) is 0 Å². The third kappa shape index (κ3) is 3.87. The molecular weight excluding hydrogens is 191 g/mol. The average Bonchev–Trinajstić information content (AvgIpc) is 1.65. The molecule has 3 N–H and O–H groups in total. The van der Waals surface area contributed by atoms with Crippen molar-refractivity contribution < 1.29 is 46.3 Å². The van der Waals surface area contributed by atoms with Crippen LogP contribution in [0.3, 0.4) is 0 Å². The number of carbonyl (C=O) groups is 1. The van der Waals surface area contributed by atoms with E-state index < -0.39 is 11.7 Å². The summed E-state index contributed by atoms with van der Waals surface area (Å²) < 4.78 is 0. The second kappa shape index (κ2) is 4.84. The number of carboxylic acid groups (broad SMARTS) is 1. The average molecular weight is 195 g/mol. The van der Waals surface area contributed by atoms with E-state index in [1.54, 1.807) is 0 Å². The van der Waals surface area contributed by atoms with Gasteiger partial charge in [-0.05, 0) is 0 Å². The van der Waals surface area contributed by atoms with Crippen LogP contribution in [0.25, 0.3) is 0 Å². The zero-order chi connectivity index (χ0) is 5.86. The summed E-state index contributed by atoms with van der Waals surface area (Å²) in [6.07, 6.45) is 0.113. The van der Waals surface area contributed by atoms with Crippen LogP contribution < -0.4 is 0 Å². The van der Waals surface area contributed by atoms with E-state index in [1.807, 2.05) is 0 Å². The number of carboxylic acids is 1. The van der Waals surface area contributed by atoms with E-state index in [0.29, 0.717) is 0 Å². The van der Waals surface area contributed by atoms with Gasteiger partial charge in [0.25, 0.3) is 0 Å². The molecule has 0 spiro atoms. The molecule has 5 heteroatoms. The molecule has 0 heterocycles. The van der Waals surface area contributed by atoms with Crippen LogP contribution in [0.4, 0.5) is 0 Å². The number of aliphatic hydroxyl groups is 2. The first kappa shape index (κ1) is 10.6. The van der Waals surface area contributed by atoms with Gasteiger partial charge < -0.3 is 15.3 Å². The SMILES string of the molecule is O=C(O)C(O)=CO.[Zr]. The molecule has 0 rings (SSSR count). The number of aliphatic hydroxyl groups excluding tert-OH is 2. The first-order valence-electron chi connectivity index (χ1n) is 1.45. The van der Waals surface area contributed by atoms with Crippen LogP contribution in [-0.4, -0.2) is 21.3 Å². The second-order valence-electron chi connectivity index (χ2n) is 0.819. The van der Waals surface area contributed by atoms with Crippen LogP contribution in [0.2, 0.25) is 0 Å². The standard InChI is InChI=1S/C3H4O4.Zr/c4-1-2(5)3(6)7;/h1,4-5H,(H,6,7);. The molecule has 44 valence electrons. The molecule has 0 amide bonds. The number of aliphatic carboxylic acids is 1. The van der Waals surface area contributed by atoms with Gasteiger partial charge in [-0.2, -0.15) is 0 Å². The third-order valence-electron chi connectivity index (χ3n) is 0.341. The Morgan fingerprint density at radius 3 is 1.75 bits per heavy atom. The van der Waals surface area contributed by atoms with E-state index in [0.717, 1.165) is 0 Å². The molecular formula is C3H4O4Zr. The van der Waals surface area contributed by atoms with Crippen LogP contribution in [0.1, 0.15) is 0 Å². The van der Waals surface area contributed by atoms with Crippen LogP contribution in [0.15, 0.2) is 12.0 Å². The fourth-order valence-electron chi connectivity index (χ4n) is 0.0552. The molecule has 0 unspecified atom stereocenters. The van der Waals surface area contributed by atoms with Gasteiger partial charge in [0.15, 0.2) is 0 Å². The van der Waals surface area contributed by atoms with Crippen LogP contribution in [0, 0.1) is 0 Å². The Bertz CT molecular complexity index is 108. The topological polar surface area (TPSA) is 77.8 Å². The van der Waals surface area contributed by atoms with Gasteiger partial charge >= 0.3 is 5.97 Å². The summed E-state index contributed by atoms with van der Waals surface area (Å²) in [5.41, 5.74) is 0. The molecule has 0 aliphatic heterocycles. The summed E-state index contributed by atoms with van der Waals surface area (Å²) in [6, 6.07) is 0.